The number of hydrogen-bond donors (Lipinski definition) is 0. The summed E-state index contributed by atoms with van der Waals surface area (Å²) in [6.07, 6.45) is 1.25. The highest BCUT2D eigenvalue weighted by Crippen LogP contribution is 2.22. The maximum absolute atomic E-state index is 5.74. The molecule has 0 aromatic heterocycles. The highest BCUT2D eigenvalue weighted by molar-refractivity contribution is 5.64. The highest BCUT2D eigenvalue weighted by atomic mass is 16.5. The zero-order valence-corrected chi connectivity index (χ0v) is 16.9. The summed E-state index contributed by atoms with van der Waals surface area (Å²) in [5, 5.41) is 0. The van der Waals surface area contributed by atoms with Gasteiger partial charge in [-0.15, -0.1) is 0 Å². The van der Waals surface area contributed by atoms with Crippen LogP contribution in [0.1, 0.15) is 31.4 Å². The lowest BCUT2D eigenvalue weighted by Gasteiger charge is -2.09. The van der Waals surface area contributed by atoms with E-state index >= 15 is 0 Å². The Labute approximate surface area is 163 Å². The van der Waals surface area contributed by atoms with Gasteiger partial charge in [-0.3, -0.25) is 0 Å². The van der Waals surface area contributed by atoms with Crippen LogP contribution < -0.4 is 9.47 Å². The number of ether oxygens (including phenoxy) is 2. The average molecular weight is 363 g/mol. The molecule has 0 spiro atoms. The lowest BCUT2D eigenvalue weighted by molar-refractivity contribution is 0.217. The summed E-state index contributed by atoms with van der Waals surface area (Å²) in [6.45, 7) is 9.47. The molecule has 0 radical (unpaired) electrons. The van der Waals surface area contributed by atoms with Crippen molar-refractivity contribution in [1.82, 2.24) is 0 Å². The van der Waals surface area contributed by atoms with Crippen LogP contribution in [0.5, 0.6) is 11.5 Å². The SMILES string of the molecule is CCC.Cc1ccc(OCCOc2ccc(-c3ccc(C)cc3)cc2)cc1. The van der Waals surface area contributed by atoms with Gasteiger partial charge < -0.3 is 9.47 Å². The summed E-state index contributed by atoms with van der Waals surface area (Å²) in [4.78, 5) is 0. The van der Waals surface area contributed by atoms with E-state index in [-0.39, 0.29) is 0 Å². The molecule has 0 N–H and O–H groups in total. The summed E-state index contributed by atoms with van der Waals surface area (Å²) in [6, 6.07) is 24.7. The number of hydrogen-bond acceptors (Lipinski definition) is 2. The van der Waals surface area contributed by atoms with Gasteiger partial charge in [0.2, 0.25) is 0 Å². The molecule has 0 aliphatic carbocycles. The first kappa shape index (κ1) is 20.6. The van der Waals surface area contributed by atoms with E-state index in [0.29, 0.717) is 13.2 Å². The molecule has 0 heterocycles. The molecule has 3 aromatic rings. The van der Waals surface area contributed by atoms with Crippen molar-refractivity contribution in [3.63, 3.8) is 0 Å². The molecule has 2 nitrogen and oxygen atoms in total. The minimum atomic E-state index is 0.526. The lowest BCUT2D eigenvalue weighted by Crippen LogP contribution is -2.08. The summed E-state index contributed by atoms with van der Waals surface area (Å²) in [5.74, 6) is 1.73. The Hall–Kier alpha value is -2.74. The Kier molecular flexibility index (Phi) is 8.44. The van der Waals surface area contributed by atoms with Crippen LogP contribution in [0.25, 0.3) is 11.1 Å². The molecule has 0 aliphatic rings. The van der Waals surface area contributed by atoms with E-state index in [1.165, 1.54) is 28.7 Å². The lowest BCUT2D eigenvalue weighted by atomic mass is 10.0. The number of aryl methyl sites for hydroxylation is 2. The molecule has 0 bridgehead atoms. The van der Waals surface area contributed by atoms with Gasteiger partial charge >= 0.3 is 0 Å². The number of rotatable bonds is 6. The second kappa shape index (κ2) is 11.1. The van der Waals surface area contributed by atoms with E-state index in [0.717, 1.165) is 11.5 Å². The van der Waals surface area contributed by atoms with Crippen LogP contribution in [0, 0.1) is 13.8 Å². The first-order chi connectivity index (χ1) is 13.1. The summed E-state index contributed by atoms with van der Waals surface area (Å²) in [5.41, 5.74) is 4.91. The van der Waals surface area contributed by atoms with Crippen molar-refractivity contribution in [2.45, 2.75) is 34.1 Å². The molecule has 0 saturated heterocycles. The summed E-state index contributed by atoms with van der Waals surface area (Å²) in [7, 11) is 0. The van der Waals surface area contributed by atoms with Crippen molar-refractivity contribution in [3.05, 3.63) is 83.9 Å². The molecular weight excluding hydrogens is 332 g/mol. The van der Waals surface area contributed by atoms with Gasteiger partial charge in [0.1, 0.15) is 24.7 Å². The minimum Gasteiger partial charge on any atom is -0.490 e. The molecule has 3 rings (SSSR count). The molecule has 0 aliphatic heterocycles. The Balaban J connectivity index is 0.000000817. The van der Waals surface area contributed by atoms with Crippen LogP contribution in [-0.2, 0) is 0 Å². The van der Waals surface area contributed by atoms with Crippen LogP contribution in [0.15, 0.2) is 72.8 Å². The van der Waals surface area contributed by atoms with Crippen molar-refractivity contribution >= 4 is 0 Å². The van der Waals surface area contributed by atoms with Crippen LogP contribution in [-0.4, -0.2) is 13.2 Å². The van der Waals surface area contributed by atoms with Gasteiger partial charge in [-0.05, 0) is 49.2 Å². The summed E-state index contributed by atoms with van der Waals surface area (Å²) < 4.78 is 11.4. The van der Waals surface area contributed by atoms with Crippen molar-refractivity contribution in [2.75, 3.05) is 13.2 Å². The fourth-order valence-electron chi connectivity index (χ4n) is 2.44. The van der Waals surface area contributed by atoms with Gasteiger partial charge in [0.15, 0.2) is 0 Å². The van der Waals surface area contributed by atoms with Gasteiger partial charge in [-0.1, -0.05) is 79.9 Å². The van der Waals surface area contributed by atoms with Crippen LogP contribution >= 0.6 is 0 Å². The molecule has 3 aromatic carbocycles. The first-order valence-electron chi connectivity index (χ1n) is 9.61. The fourth-order valence-corrected chi connectivity index (χ4v) is 2.44. The van der Waals surface area contributed by atoms with Gasteiger partial charge in [0, 0.05) is 0 Å². The van der Waals surface area contributed by atoms with Crippen molar-refractivity contribution in [1.29, 1.82) is 0 Å². The quantitative estimate of drug-likeness (QED) is 0.447. The fraction of sp³-hybridized carbons (Fsp3) is 0.280. The van der Waals surface area contributed by atoms with Crippen molar-refractivity contribution < 1.29 is 9.47 Å². The van der Waals surface area contributed by atoms with Gasteiger partial charge in [-0.25, -0.2) is 0 Å². The molecule has 0 unspecified atom stereocenters. The topological polar surface area (TPSA) is 18.5 Å². The second-order valence-corrected chi connectivity index (χ2v) is 6.61. The monoisotopic (exact) mass is 362 g/mol. The third-order valence-electron chi connectivity index (χ3n) is 3.88. The Morgan fingerprint density at radius 2 is 0.815 bits per heavy atom. The predicted octanol–water partition coefficient (Wildman–Crippen LogP) is 6.84. The average Bonchev–Trinajstić information content (AvgIpc) is 2.68. The largest absolute Gasteiger partial charge is 0.490 e. The molecule has 2 heteroatoms. The highest BCUT2D eigenvalue weighted by Gasteiger charge is 1.99. The van der Waals surface area contributed by atoms with Crippen molar-refractivity contribution in [3.8, 4) is 22.6 Å². The van der Waals surface area contributed by atoms with E-state index in [1.807, 2.05) is 36.4 Å². The van der Waals surface area contributed by atoms with E-state index in [4.69, 9.17) is 9.47 Å². The smallest absolute Gasteiger partial charge is 0.122 e. The number of benzene rings is 3. The van der Waals surface area contributed by atoms with Gasteiger partial charge in [-0.2, -0.15) is 0 Å². The minimum absolute atomic E-state index is 0.526. The van der Waals surface area contributed by atoms with Gasteiger partial charge in [0.25, 0.3) is 0 Å². The molecule has 0 fully saturated rings. The molecule has 0 atom stereocenters. The Morgan fingerprint density at radius 3 is 1.22 bits per heavy atom. The third-order valence-corrected chi connectivity index (χ3v) is 3.88. The zero-order chi connectivity index (χ0) is 19.5. The van der Waals surface area contributed by atoms with E-state index < -0.39 is 0 Å². The van der Waals surface area contributed by atoms with Gasteiger partial charge in [0.05, 0.1) is 0 Å². The standard InChI is InChI=1S/C22H22O2.C3H8/c1-17-3-7-19(8-4-17)20-9-13-22(14-10-20)24-16-15-23-21-11-5-18(2)6-12-21;1-3-2/h3-14H,15-16H2,1-2H3;3H2,1-2H3. The van der Waals surface area contributed by atoms with Crippen molar-refractivity contribution in [2.24, 2.45) is 0 Å². The molecular formula is C25H30O2. The predicted molar refractivity (Wildman–Crippen MR) is 115 cm³/mol. The Morgan fingerprint density at radius 1 is 0.519 bits per heavy atom. The zero-order valence-electron chi connectivity index (χ0n) is 16.9. The van der Waals surface area contributed by atoms with Crippen LogP contribution in [0.2, 0.25) is 0 Å². The molecule has 142 valence electrons. The molecule has 0 amide bonds. The maximum Gasteiger partial charge on any atom is 0.122 e. The maximum atomic E-state index is 5.74. The van der Waals surface area contributed by atoms with E-state index in [1.54, 1.807) is 0 Å². The Bertz CT molecular complexity index is 772. The van der Waals surface area contributed by atoms with Crippen LogP contribution in [0.3, 0.4) is 0 Å². The molecule has 27 heavy (non-hydrogen) atoms. The van der Waals surface area contributed by atoms with E-state index in [9.17, 15) is 0 Å². The molecule has 0 saturated carbocycles. The van der Waals surface area contributed by atoms with E-state index in [2.05, 4.69) is 64.1 Å². The third kappa shape index (κ3) is 7.18. The normalized spacial score (nSPS) is 9.93. The summed E-state index contributed by atoms with van der Waals surface area (Å²) >= 11 is 0. The first-order valence-corrected chi connectivity index (χ1v) is 9.61. The van der Waals surface area contributed by atoms with Crippen LogP contribution in [0.4, 0.5) is 0 Å². The second-order valence-electron chi connectivity index (χ2n) is 6.61.